The van der Waals surface area contributed by atoms with Crippen LogP contribution in [-0.2, 0) is 14.3 Å². The number of anilines is 1. The van der Waals surface area contributed by atoms with E-state index in [-0.39, 0.29) is 19.0 Å². The van der Waals surface area contributed by atoms with Crippen LogP contribution in [0.15, 0.2) is 36.5 Å². The Morgan fingerprint density at radius 1 is 1.22 bits per heavy atom. The van der Waals surface area contributed by atoms with Crippen LogP contribution in [0.1, 0.15) is 20.8 Å². The molecule has 2 aromatic rings. The van der Waals surface area contributed by atoms with Gasteiger partial charge >= 0.3 is 5.97 Å². The highest BCUT2D eigenvalue weighted by atomic mass is 16.6. The van der Waals surface area contributed by atoms with Crippen LogP contribution >= 0.6 is 0 Å². The highest BCUT2D eigenvalue weighted by Gasteiger charge is 2.24. The number of pyridine rings is 1. The first-order chi connectivity index (χ1) is 10.8. The van der Waals surface area contributed by atoms with Gasteiger partial charge in [0.05, 0.1) is 17.7 Å². The summed E-state index contributed by atoms with van der Waals surface area (Å²) < 4.78 is 5.30. The zero-order valence-corrected chi connectivity index (χ0v) is 13.6. The van der Waals surface area contributed by atoms with Crippen LogP contribution in [0.3, 0.4) is 0 Å². The van der Waals surface area contributed by atoms with Gasteiger partial charge in [0.1, 0.15) is 12.1 Å². The lowest BCUT2D eigenvalue weighted by Gasteiger charge is -2.25. The largest absolute Gasteiger partial charge is 0.459 e. The van der Waals surface area contributed by atoms with Crippen molar-refractivity contribution in [1.29, 1.82) is 0 Å². The van der Waals surface area contributed by atoms with Crippen LogP contribution in [0.2, 0.25) is 0 Å². The van der Waals surface area contributed by atoms with E-state index in [1.165, 1.54) is 4.90 Å². The van der Waals surface area contributed by atoms with Gasteiger partial charge in [-0.25, -0.2) is 0 Å². The minimum absolute atomic E-state index is 0.202. The molecule has 0 saturated heterocycles. The fourth-order valence-corrected chi connectivity index (χ4v) is 2.23. The molecular weight excluding hydrogens is 294 g/mol. The number of ether oxygens (including phenoxy) is 1. The summed E-state index contributed by atoms with van der Waals surface area (Å²) in [5.41, 5.74) is 6.06. The van der Waals surface area contributed by atoms with E-state index in [2.05, 4.69) is 4.98 Å². The Hall–Kier alpha value is -2.47. The van der Waals surface area contributed by atoms with Gasteiger partial charge in [0.15, 0.2) is 0 Å². The molecular formula is C17H21N3O3. The monoisotopic (exact) mass is 315 g/mol. The van der Waals surface area contributed by atoms with Crippen molar-refractivity contribution in [2.24, 2.45) is 5.73 Å². The maximum atomic E-state index is 12.2. The van der Waals surface area contributed by atoms with Crippen molar-refractivity contribution in [3.8, 4) is 0 Å². The molecule has 6 nitrogen and oxygen atoms in total. The summed E-state index contributed by atoms with van der Waals surface area (Å²) in [6.07, 6.45) is 1.64. The molecule has 0 spiro atoms. The molecule has 0 saturated carbocycles. The molecule has 0 unspecified atom stereocenters. The molecule has 1 heterocycles. The second-order valence-electron chi connectivity index (χ2n) is 6.12. The number of aromatic nitrogens is 1. The summed E-state index contributed by atoms with van der Waals surface area (Å²) >= 11 is 0. The third-order valence-electron chi connectivity index (χ3n) is 3.09. The predicted molar refractivity (Wildman–Crippen MR) is 89.0 cm³/mol. The lowest BCUT2D eigenvalue weighted by Crippen LogP contribution is -2.42. The van der Waals surface area contributed by atoms with Gasteiger partial charge in [-0.05, 0) is 32.9 Å². The molecule has 0 aliphatic carbocycles. The second kappa shape index (κ2) is 6.75. The lowest BCUT2D eigenvalue weighted by molar-refractivity contribution is -0.153. The number of carbonyl (C=O) groups is 2. The highest BCUT2D eigenvalue weighted by molar-refractivity contribution is 6.05. The molecule has 23 heavy (non-hydrogen) atoms. The van der Waals surface area contributed by atoms with Crippen molar-refractivity contribution < 1.29 is 14.3 Å². The molecule has 0 bridgehead atoms. The molecule has 0 fully saturated rings. The number of nitrogens with zero attached hydrogens (tertiary/aromatic N) is 2. The summed E-state index contributed by atoms with van der Waals surface area (Å²) in [5.74, 6) is -0.860. The Labute approximate surface area is 135 Å². The smallest absolute Gasteiger partial charge is 0.326 e. The van der Waals surface area contributed by atoms with E-state index in [0.717, 1.165) is 5.39 Å². The van der Waals surface area contributed by atoms with Crippen LogP contribution in [0.4, 0.5) is 5.69 Å². The van der Waals surface area contributed by atoms with Crippen LogP contribution in [0.25, 0.3) is 10.9 Å². The SMILES string of the molecule is CC(C)(C)OC(=O)CN(C(=O)CN)c1cccc2cccnc12. The van der Waals surface area contributed by atoms with Crippen LogP contribution in [0, 0.1) is 0 Å². The number of amides is 1. The summed E-state index contributed by atoms with van der Waals surface area (Å²) in [5, 5.41) is 0.879. The van der Waals surface area contributed by atoms with Gasteiger partial charge in [0, 0.05) is 11.6 Å². The molecule has 1 amide bonds. The van der Waals surface area contributed by atoms with Gasteiger partial charge in [-0.2, -0.15) is 0 Å². The van der Waals surface area contributed by atoms with Gasteiger partial charge < -0.3 is 10.5 Å². The first-order valence-electron chi connectivity index (χ1n) is 7.38. The Morgan fingerprint density at radius 3 is 2.57 bits per heavy atom. The predicted octanol–water partition coefficient (Wildman–Crippen LogP) is 1.87. The first-order valence-corrected chi connectivity index (χ1v) is 7.38. The van der Waals surface area contributed by atoms with E-state index in [1.807, 2.05) is 24.3 Å². The molecule has 2 rings (SSSR count). The quantitative estimate of drug-likeness (QED) is 0.871. The van der Waals surface area contributed by atoms with E-state index < -0.39 is 11.6 Å². The maximum Gasteiger partial charge on any atom is 0.326 e. The second-order valence-corrected chi connectivity index (χ2v) is 6.12. The van der Waals surface area contributed by atoms with Crippen molar-refractivity contribution in [1.82, 2.24) is 4.98 Å². The van der Waals surface area contributed by atoms with Crippen LogP contribution in [-0.4, -0.2) is 35.6 Å². The van der Waals surface area contributed by atoms with Crippen molar-refractivity contribution >= 4 is 28.5 Å². The molecule has 2 N–H and O–H groups in total. The number of esters is 1. The standard InChI is InChI=1S/C17H21N3O3/c1-17(2,3)23-15(22)11-20(14(21)10-18)13-8-4-6-12-7-5-9-19-16(12)13/h4-9H,10-11,18H2,1-3H3. The normalized spacial score (nSPS) is 11.3. The van der Waals surface area contributed by atoms with Crippen molar-refractivity contribution in [2.75, 3.05) is 18.0 Å². The number of fused-ring (bicyclic) bond motifs is 1. The number of nitrogens with two attached hydrogens (primary N) is 1. The summed E-state index contributed by atoms with van der Waals surface area (Å²) in [4.78, 5) is 30.0. The van der Waals surface area contributed by atoms with E-state index >= 15 is 0 Å². The van der Waals surface area contributed by atoms with Gasteiger partial charge in [-0.15, -0.1) is 0 Å². The number of hydrogen-bond donors (Lipinski definition) is 1. The van der Waals surface area contributed by atoms with Gasteiger partial charge in [-0.1, -0.05) is 18.2 Å². The van der Waals surface area contributed by atoms with Crippen LogP contribution < -0.4 is 10.6 Å². The number of benzene rings is 1. The average molecular weight is 315 g/mol. The molecule has 0 aliphatic heterocycles. The fraction of sp³-hybridized carbons (Fsp3) is 0.353. The van der Waals surface area contributed by atoms with E-state index in [9.17, 15) is 9.59 Å². The Balaban J connectivity index is 2.38. The number of para-hydroxylation sites is 1. The maximum absolute atomic E-state index is 12.2. The minimum Gasteiger partial charge on any atom is -0.459 e. The van der Waals surface area contributed by atoms with Gasteiger partial charge in [0.2, 0.25) is 5.91 Å². The zero-order chi connectivity index (χ0) is 17.0. The summed E-state index contributed by atoms with van der Waals surface area (Å²) in [6.45, 7) is 4.92. The highest BCUT2D eigenvalue weighted by Crippen LogP contribution is 2.25. The molecule has 0 atom stereocenters. The molecule has 122 valence electrons. The average Bonchev–Trinajstić information content (AvgIpc) is 2.50. The van der Waals surface area contributed by atoms with Crippen molar-refractivity contribution in [3.63, 3.8) is 0 Å². The third-order valence-corrected chi connectivity index (χ3v) is 3.09. The number of rotatable bonds is 4. The molecule has 0 aliphatic rings. The van der Waals surface area contributed by atoms with E-state index in [4.69, 9.17) is 10.5 Å². The Bertz CT molecular complexity index is 717. The molecule has 0 radical (unpaired) electrons. The van der Waals surface area contributed by atoms with Gasteiger partial charge in [-0.3, -0.25) is 19.5 Å². The number of carbonyl (C=O) groups excluding carboxylic acids is 2. The lowest BCUT2D eigenvalue weighted by atomic mass is 10.1. The van der Waals surface area contributed by atoms with Crippen molar-refractivity contribution in [3.05, 3.63) is 36.5 Å². The zero-order valence-electron chi connectivity index (χ0n) is 13.6. The first kappa shape index (κ1) is 16.9. The van der Waals surface area contributed by atoms with Crippen LogP contribution in [0.5, 0.6) is 0 Å². The van der Waals surface area contributed by atoms with Crippen molar-refractivity contribution in [2.45, 2.75) is 26.4 Å². The van der Waals surface area contributed by atoms with Gasteiger partial charge in [0.25, 0.3) is 0 Å². The molecule has 1 aromatic heterocycles. The third kappa shape index (κ3) is 4.26. The van der Waals surface area contributed by atoms with E-state index in [1.54, 1.807) is 33.0 Å². The summed E-state index contributed by atoms with van der Waals surface area (Å²) in [6, 6.07) is 9.16. The molecule has 6 heteroatoms. The fourth-order valence-electron chi connectivity index (χ4n) is 2.23. The topological polar surface area (TPSA) is 85.5 Å². The molecule has 1 aromatic carbocycles. The Kier molecular flexibility index (Phi) is 4.95. The minimum atomic E-state index is -0.620. The summed E-state index contributed by atoms with van der Waals surface area (Å²) in [7, 11) is 0. The van der Waals surface area contributed by atoms with E-state index in [0.29, 0.717) is 11.2 Å². The number of hydrogen-bond acceptors (Lipinski definition) is 5. The Morgan fingerprint density at radius 2 is 1.91 bits per heavy atom.